The molecule has 0 aromatic carbocycles. The summed E-state index contributed by atoms with van der Waals surface area (Å²) in [4.78, 5) is 4.34. The standard InChI is InChI=1S/C12H21N3O2S/c1-4-8-13-12-7-6-11(10-14-12)18(16,17)15(3)9-5-2/h6-7,10H,4-5,8-9H2,1-3H3,(H,13,14). The van der Waals surface area contributed by atoms with Crippen LogP contribution in [0.15, 0.2) is 23.2 Å². The fraction of sp³-hybridized carbons (Fsp3) is 0.583. The Bertz CT molecular complexity index is 457. The molecule has 0 aliphatic carbocycles. The van der Waals surface area contributed by atoms with Gasteiger partial charge in [0.25, 0.3) is 0 Å². The van der Waals surface area contributed by atoms with Gasteiger partial charge in [-0.1, -0.05) is 13.8 Å². The molecule has 0 spiro atoms. The lowest BCUT2D eigenvalue weighted by atomic mass is 10.4. The van der Waals surface area contributed by atoms with Crippen LogP contribution >= 0.6 is 0 Å². The lowest BCUT2D eigenvalue weighted by molar-refractivity contribution is 0.468. The number of nitrogens with zero attached hydrogens (tertiary/aromatic N) is 2. The van der Waals surface area contributed by atoms with Crippen LogP contribution in [0.3, 0.4) is 0 Å². The molecule has 6 heteroatoms. The second-order valence-corrected chi connectivity index (χ2v) is 6.18. The van der Waals surface area contributed by atoms with Crippen molar-refractivity contribution < 1.29 is 8.42 Å². The van der Waals surface area contributed by atoms with Gasteiger partial charge in [-0.2, -0.15) is 0 Å². The molecule has 0 fully saturated rings. The predicted octanol–water partition coefficient (Wildman–Crippen LogP) is 1.93. The summed E-state index contributed by atoms with van der Waals surface area (Å²) >= 11 is 0. The van der Waals surface area contributed by atoms with Crippen LogP contribution in [-0.4, -0.2) is 37.8 Å². The Labute approximate surface area is 109 Å². The highest BCUT2D eigenvalue weighted by atomic mass is 32.2. The maximum absolute atomic E-state index is 12.1. The first kappa shape index (κ1) is 14.9. The van der Waals surface area contributed by atoms with Crippen LogP contribution in [0.5, 0.6) is 0 Å². The summed E-state index contributed by atoms with van der Waals surface area (Å²) in [6, 6.07) is 3.29. The summed E-state index contributed by atoms with van der Waals surface area (Å²) in [5, 5.41) is 3.11. The van der Waals surface area contributed by atoms with Gasteiger partial charge in [0.15, 0.2) is 0 Å². The van der Waals surface area contributed by atoms with Gasteiger partial charge >= 0.3 is 0 Å². The number of sulfonamides is 1. The van der Waals surface area contributed by atoms with E-state index >= 15 is 0 Å². The van der Waals surface area contributed by atoms with Gasteiger partial charge in [-0.3, -0.25) is 0 Å². The van der Waals surface area contributed by atoms with Crippen molar-refractivity contribution in [2.45, 2.75) is 31.6 Å². The van der Waals surface area contributed by atoms with Gasteiger partial charge in [0.1, 0.15) is 10.7 Å². The van der Waals surface area contributed by atoms with Crippen LogP contribution < -0.4 is 5.32 Å². The van der Waals surface area contributed by atoms with Crippen molar-refractivity contribution in [3.8, 4) is 0 Å². The van der Waals surface area contributed by atoms with Crippen molar-refractivity contribution in [1.29, 1.82) is 0 Å². The van der Waals surface area contributed by atoms with Gasteiger partial charge < -0.3 is 5.32 Å². The largest absolute Gasteiger partial charge is 0.370 e. The topological polar surface area (TPSA) is 62.3 Å². The first-order chi connectivity index (χ1) is 8.52. The van der Waals surface area contributed by atoms with Crippen molar-refractivity contribution in [2.24, 2.45) is 0 Å². The number of rotatable bonds is 7. The maximum atomic E-state index is 12.1. The van der Waals surface area contributed by atoms with E-state index in [9.17, 15) is 8.42 Å². The molecule has 1 aromatic rings. The molecule has 5 nitrogen and oxygen atoms in total. The van der Waals surface area contributed by atoms with E-state index in [1.165, 1.54) is 10.5 Å². The van der Waals surface area contributed by atoms with Crippen LogP contribution in [0, 0.1) is 0 Å². The first-order valence-corrected chi connectivity index (χ1v) is 7.62. The molecule has 1 N–H and O–H groups in total. The molecule has 0 amide bonds. The van der Waals surface area contributed by atoms with Crippen molar-refractivity contribution >= 4 is 15.8 Å². The van der Waals surface area contributed by atoms with E-state index < -0.39 is 10.0 Å². The van der Waals surface area contributed by atoms with Gasteiger partial charge in [0.05, 0.1) is 0 Å². The Kier molecular flexibility index (Phi) is 5.55. The molecule has 0 unspecified atom stereocenters. The number of nitrogens with one attached hydrogen (secondary N) is 1. The second kappa shape index (κ2) is 6.70. The lowest BCUT2D eigenvalue weighted by Crippen LogP contribution is -2.27. The zero-order valence-electron chi connectivity index (χ0n) is 11.2. The summed E-state index contributed by atoms with van der Waals surface area (Å²) in [7, 11) is -1.81. The Morgan fingerprint density at radius 3 is 2.50 bits per heavy atom. The number of pyridine rings is 1. The van der Waals surface area contributed by atoms with Crippen molar-refractivity contribution in [2.75, 3.05) is 25.5 Å². The van der Waals surface area contributed by atoms with Crippen molar-refractivity contribution in [3.05, 3.63) is 18.3 Å². The minimum atomic E-state index is -3.40. The minimum Gasteiger partial charge on any atom is -0.370 e. The Hall–Kier alpha value is -1.14. The highest BCUT2D eigenvalue weighted by Gasteiger charge is 2.19. The van der Waals surface area contributed by atoms with Gasteiger partial charge in [0.2, 0.25) is 10.0 Å². The molecule has 1 rings (SSSR count). The van der Waals surface area contributed by atoms with Crippen LogP contribution in [0.4, 0.5) is 5.82 Å². The summed E-state index contributed by atoms with van der Waals surface area (Å²) in [6.07, 6.45) is 3.19. The quantitative estimate of drug-likeness (QED) is 0.823. The molecule has 0 aliphatic rings. The number of hydrogen-bond acceptors (Lipinski definition) is 4. The molecule has 0 saturated heterocycles. The number of hydrogen-bond donors (Lipinski definition) is 1. The van der Waals surface area contributed by atoms with Crippen LogP contribution in [-0.2, 0) is 10.0 Å². The van der Waals surface area contributed by atoms with E-state index in [-0.39, 0.29) is 4.90 Å². The smallest absolute Gasteiger partial charge is 0.244 e. The van der Waals surface area contributed by atoms with E-state index in [0.717, 1.165) is 19.4 Å². The molecule has 102 valence electrons. The summed E-state index contributed by atoms with van der Waals surface area (Å²) in [5.41, 5.74) is 0. The highest BCUT2D eigenvalue weighted by Crippen LogP contribution is 2.15. The third-order valence-electron chi connectivity index (χ3n) is 2.54. The van der Waals surface area contributed by atoms with Crippen LogP contribution in [0.25, 0.3) is 0 Å². The van der Waals surface area contributed by atoms with E-state index in [0.29, 0.717) is 12.4 Å². The monoisotopic (exact) mass is 271 g/mol. The summed E-state index contributed by atoms with van der Waals surface area (Å²) in [5.74, 6) is 0.703. The Morgan fingerprint density at radius 2 is 2.00 bits per heavy atom. The molecule has 0 atom stereocenters. The zero-order chi connectivity index (χ0) is 13.6. The van der Waals surface area contributed by atoms with Crippen molar-refractivity contribution in [3.63, 3.8) is 0 Å². The summed E-state index contributed by atoms with van der Waals surface area (Å²) in [6.45, 7) is 5.35. The number of aromatic nitrogens is 1. The molecule has 0 aliphatic heterocycles. The molecule has 0 radical (unpaired) electrons. The first-order valence-electron chi connectivity index (χ1n) is 6.18. The third-order valence-corrected chi connectivity index (χ3v) is 4.38. The van der Waals surface area contributed by atoms with E-state index in [2.05, 4.69) is 17.2 Å². The fourth-order valence-electron chi connectivity index (χ4n) is 1.51. The maximum Gasteiger partial charge on any atom is 0.244 e. The predicted molar refractivity (Wildman–Crippen MR) is 73.1 cm³/mol. The van der Waals surface area contributed by atoms with E-state index in [1.54, 1.807) is 19.2 Å². The van der Waals surface area contributed by atoms with Gasteiger partial charge in [-0.05, 0) is 25.0 Å². The van der Waals surface area contributed by atoms with Crippen LogP contribution in [0.2, 0.25) is 0 Å². The Balaban J connectivity index is 2.84. The minimum absolute atomic E-state index is 0.237. The second-order valence-electron chi connectivity index (χ2n) is 4.13. The normalized spacial score (nSPS) is 11.8. The van der Waals surface area contributed by atoms with E-state index in [4.69, 9.17) is 0 Å². The highest BCUT2D eigenvalue weighted by molar-refractivity contribution is 7.89. The molecular weight excluding hydrogens is 250 g/mol. The van der Waals surface area contributed by atoms with Crippen LogP contribution in [0.1, 0.15) is 26.7 Å². The molecule has 0 saturated carbocycles. The number of anilines is 1. The molecular formula is C12H21N3O2S. The van der Waals surface area contributed by atoms with Crippen molar-refractivity contribution in [1.82, 2.24) is 9.29 Å². The average molecular weight is 271 g/mol. The van der Waals surface area contributed by atoms with Gasteiger partial charge in [-0.25, -0.2) is 17.7 Å². The zero-order valence-corrected chi connectivity index (χ0v) is 12.0. The molecule has 0 bridgehead atoms. The van der Waals surface area contributed by atoms with Gasteiger partial charge in [-0.15, -0.1) is 0 Å². The average Bonchev–Trinajstić information content (AvgIpc) is 2.37. The third kappa shape index (κ3) is 3.68. The lowest BCUT2D eigenvalue weighted by Gasteiger charge is -2.16. The Morgan fingerprint density at radius 1 is 1.28 bits per heavy atom. The molecule has 1 aromatic heterocycles. The summed E-state index contributed by atoms with van der Waals surface area (Å²) < 4.78 is 25.6. The van der Waals surface area contributed by atoms with E-state index in [1.807, 2.05) is 6.92 Å². The fourth-order valence-corrected chi connectivity index (χ4v) is 2.71. The molecule has 1 heterocycles. The SMILES string of the molecule is CCCNc1ccc(S(=O)(=O)N(C)CCC)cn1. The van der Waals surface area contributed by atoms with Gasteiger partial charge in [0, 0.05) is 26.3 Å². The molecule has 18 heavy (non-hydrogen) atoms.